The average molecular weight is 668 g/mol. The van der Waals surface area contributed by atoms with E-state index in [1.54, 1.807) is 0 Å². The van der Waals surface area contributed by atoms with Crippen LogP contribution >= 0.6 is 0 Å². The number of allylic oxidation sites excluding steroid dienone is 2. The molecule has 0 fully saturated rings. The maximum Gasteiger partial charge on any atom is 0.0629 e. The molecule has 0 saturated heterocycles. The quantitative estimate of drug-likeness (QED) is 0.175. The van der Waals surface area contributed by atoms with E-state index >= 15 is 0 Å². The number of hydrogen-bond acceptors (Lipinski definition) is 2. The van der Waals surface area contributed by atoms with Crippen molar-refractivity contribution >= 4 is 50.2 Å². The summed E-state index contributed by atoms with van der Waals surface area (Å²) in [5, 5.41) is 2.52. The standard InChI is InChI=1S/C49H37N3/c1-34-20-30-48-44(32-34)42-16-8-10-18-46(42)52(48)41-28-26-40(27-29-41)50(37-12-4-2-5-13-37)39-24-21-35(22-25-39)36-23-31-49-45(33-36)43-17-9-11-19-47(43)51(49)38-14-6-3-7-15-38/h2-33,44,48H,1H3. The van der Waals surface area contributed by atoms with Crippen LogP contribution in [-0.4, -0.2) is 10.6 Å². The topological polar surface area (TPSA) is 11.4 Å². The Kier molecular flexibility index (Phi) is 7.17. The molecule has 3 heteroatoms. The maximum atomic E-state index is 2.50. The number of anilines is 5. The first kappa shape index (κ1) is 30.3. The molecule has 8 aromatic rings. The van der Waals surface area contributed by atoms with Gasteiger partial charge in [0.15, 0.2) is 0 Å². The summed E-state index contributed by atoms with van der Waals surface area (Å²) >= 11 is 0. The number of rotatable bonds is 6. The van der Waals surface area contributed by atoms with Crippen LogP contribution in [-0.2, 0) is 0 Å². The minimum Gasteiger partial charge on any atom is -0.333 e. The molecule has 0 N–H and O–H groups in total. The number of hydrogen-bond donors (Lipinski definition) is 0. The van der Waals surface area contributed by atoms with Gasteiger partial charge in [-0.05, 0) is 109 Å². The van der Waals surface area contributed by atoms with Crippen LogP contribution in [0.25, 0.3) is 38.6 Å². The van der Waals surface area contributed by atoms with Gasteiger partial charge < -0.3 is 14.4 Å². The Bertz CT molecular complexity index is 2630. The van der Waals surface area contributed by atoms with Crippen LogP contribution in [0.4, 0.5) is 28.4 Å². The summed E-state index contributed by atoms with van der Waals surface area (Å²) in [5.41, 5.74) is 14.6. The van der Waals surface area contributed by atoms with Gasteiger partial charge in [0.05, 0.1) is 17.1 Å². The van der Waals surface area contributed by atoms with Gasteiger partial charge in [-0.15, -0.1) is 0 Å². The molecule has 0 saturated carbocycles. The third kappa shape index (κ3) is 4.97. The predicted molar refractivity (Wildman–Crippen MR) is 219 cm³/mol. The van der Waals surface area contributed by atoms with Gasteiger partial charge >= 0.3 is 0 Å². The molecule has 1 aliphatic heterocycles. The lowest BCUT2D eigenvalue weighted by molar-refractivity contribution is 0.738. The Labute approximate surface area is 304 Å². The Hall–Kier alpha value is -6.58. The summed E-state index contributed by atoms with van der Waals surface area (Å²) < 4.78 is 2.37. The van der Waals surface area contributed by atoms with Crippen molar-refractivity contribution < 1.29 is 0 Å². The molecule has 1 aliphatic carbocycles. The van der Waals surface area contributed by atoms with Crippen LogP contribution in [0.15, 0.2) is 200 Å². The first-order valence-electron chi connectivity index (χ1n) is 18.1. The molecule has 248 valence electrons. The largest absolute Gasteiger partial charge is 0.333 e. The van der Waals surface area contributed by atoms with E-state index < -0.39 is 0 Å². The molecule has 2 unspecified atom stereocenters. The summed E-state index contributed by atoms with van der Waals surface area (Å²) in [6, 6.07) is 64.1. The molecular weight excluding hydrogens is 631 g/mol. The molecular formula is C49H37N3. The van der Waals surface area contributed by atoms with Crippen molar-refractivity contribution in [1.82, 2.24) is 4.57 Å². The number of aromatic nitrogens is 1. The van der Waals surface area contributed by atoms with E-state index in [4.69, 9.17) is 0 Å². The van der Waals surface area contributed by atoms with Crippen molar-refractivity contribution in [3.63, 3.8) is 0 Å². The highest BCUT2D eigenvalue weighted by atomic mass is 15.2. The fourth-order valence-electron chi connectivity index (χ4n) is 8.39. The van der Waals surface area contributed by atoms with Crippen molar-refractivity contribution in [1.29, 1.82) is 0 Å². The van der Waals surface area contributed by atoms with E-state index in [0.717, 1.165) is 17.1 Å². The summed E-state index contributed by atoms with van der Waals surface area (Å²) in [5.74, 6) is 0.364. The normalized spacial score (nSPS) is 16.2. The van der Waals surface area contributed by atoms with Gasteiger partial charge in [0.2, 0.25) is 0 Å². The zero-order chi connectivity index (χ0) is 34.6. The SMILES string of the molecule is CC1=CC2c3ccccc3N(c3ccc(N(c4ccccc4)c4ccc(-c5ccc6c(c5)c5ccccc5n6-c5ccccc5)cc4)cc3)C2C=C1. The fraction of sp³-hybridized carbons (Fsp3) is 0.0612. The third-order valence-electron chi connectivity index (χ3n) is 10.8. The fourth-order valence-corrected chi connectivity index (χ4v) is 8.39. The van der Waals surface area contributed by atoms with Gasteiger partial charge in [0.25, 0.3) is 0 Å². The molecule has 2 atom stereocenters. The van der Waals surface area contributed by atoms with Gasteiger partial charge in [-0.2, -0.15) is 0 Å². The van der Waals surface area contributed by atoms with Crippen LogP contribution in [0.1, 0.15) is 18.4 Å². The molecule has 3 nitrogen and oxygen atoms in total. The van der Waals surface area contributed by atoms with Gasteiger partial charge in [0, 0.05) is 50.8 Å². The van der Waals surface area contributed by atoms with Crippen molar-refractivity contribution in [3.05, 3.63) is 205 Å². The number of para-hydroxylation sites is 4. The Morgan fingerprint density at radius 3 is 1.90 bits per heavy atom. The molecule has 0 amide bonds. The summed E-state index contributed by atoms with van der Waals surface area (Å²) in [7, 11) is 0. The summed E-state index contributed by atoms with van der Waals surface area (Å²) in [6.07, 6.45) is 7.04. The number of fused-ring (bicyclic) bond motifs is 6. The van der Waals surface area contributed by atoms with Crippen molar-refractivity contribution in [2.75, 3.05) is 9.80 Å². The van der Waals surface area contributed by atoms with E-state index in [9.17, 15) is 0 Å². The van der Waals surface area contributed by atoms with E-state index in [-0.39, 0.29) is 6.04 Å². The van der Waals surface area contributed by atoms with Crippen LogP contribution in [0.3, 0.4) is 0 Å². The maximum absolute atomic E-state index is 2.50. The molecule has 2 aliphatic rings. The van der Waals surface area contributed by atoms with E-state index in [2.05, 4.69) is 215 Å². The zero-order valence-electron chi connectivity index (χ0n) is 29.0. The highest BCUT2D eigenvalue weighted by molar-refractivity contribution is 6.10. The average Bonchev–Trinajstić information content (AvgIpc) is 3.71. The van der Waals surface area contributed by atoms with Gasteiger partial charge in [-0.1, -0.05) is 115 Å². The monoisotopic (exact) mass is 667 g/mol. The first-order chi connectivity index (χ1) is 25.7. The molecule has 52 heavy (non-hydrogen) atoms. The summed E-state index contributed by atoms with van der Waals surface area (Å²) in [4.78, 5) is 4.84. The molecule has 10 rings (SSSR count). The third-order valence-corrected chi connectivity index (χ3v) is 10.8. The lowest BCUT2D eigenvalue weighted by Gasteiger charge is -2.30. The van der Waals surface area contributed by atoms with Crippen LogP contribution in [0, 0.1) is 0 Å². The Morgan fingerprint density at radius 2 is 1.12 bits per heavy atom. The number of benzene rings is 7. The van der Waals surface area contributed by atoms with Gasteiger partial charge in [-0.25, -0.2) is 0 Å². The lowest BCUT2D eigenvalue weighted by atomic mass is 9.89. The minimum absolute atomic E-state index is 0.277. The zero-order valence-corrected chi connectivity index (χ0v) is 29.0. The molecule has 1 aromatic heterocycles. The highest BCUT2D eigenvalue weighted by Crippen LogP contribution is 2.49. The minimum atomic E-state index is 0.277. The van der Waals surface area contributed by atoms with E-state index in [1.807, 2.05) is 0 Å². The summed E-state index contributed by atoms with van der Waals surface area (Å²) in [6.45, 7) is 2.20. The van der Waals surface area contributed by atoms with Crippen molar-refractivity contribution in [2.45, 2.75) is 18.9 Å². The van der Waals surface area contributed by atoms with Gasteiger partial charge in [-0.3, -0.25) is 0 Å². The molecule has 0 radical (unpaired) electrons. The Morgan fingerprint density at radius 1 is 0.500 bits per heavy atom. The van der Waals surface area contributed by atoms with Crippen LogP contribution in [0.5, 0.6) is 0 Å². The van der Waals surface area contributed by atoms with E-state index in [0.29, 0.717) is 5.92 Å². The van der Waals surface area contributed by atoms with E-state index in [1.165, 1.54) is 61.1 Å². The van der Waals surface area contributed by atoms with Crippen molar-refractivity contribution in [3.8, 4) is 16.8 Å². The Balaban J connectivity index is 1.00. The first-order valence-corrected chi connectivity index (χ1v) is 18.1. The van der Waals surface area contributed by atoms with Crippen LogP contribution < -0.4 is 9.80 Å². The molecule has 0 spiro atoms. The molecule has 0 bridgehead atoms. The van der Waals surface area contributed by atoms with Crippen molar-refractivity contribution in [2.24, 2.45) is 0 Å². The molecule has 7 aromatic carbocycles. The number of nitrogens with zero attached hydrogens (tertiary/aromatic N) is 3. The molecule has 2 heterocycles. The predicted octanol–water partition coefficient (Wildman–Crippen LogP) is 13.0. The lowest BCUT2D eigenvalue weighted by Crippen LogP contribution is -2.28. The van der Waals surface area contributed by atoms with Gasteiger partial charge in [0.1, 0.15) is 0 Å². The smallest absolute Gasteiger partial charge is 0.0629 e. The second kappa shape index (κ2) is 12.3. The second-order valence-corrected chi connectivity index (χ2v) is 13.9. The second-order valence-electron chi connectivity index (χ2n) is 13.9. The van der Waals surface area contributed by atoms with Crippen LogP contribution in [0.2, 0.25) is 0 Å². The highest BCUT2D eigenvalue weighted by Gasteiger charge is 2.37.